The Balaban J connectivity index is 1.89. The summed E-state index contributed by atoms with van der Waals surface area (Å²) in [7, 11) is 0. The highest BCUT2D eigenvalue weighted by Crippen LogP contribution is 2.14. The van der Waals surface area contributed by atoms with Crippen molar-refractivity contribution in [2.45, 2.75) is 31.8 Å². The lowest BCUT2D eigenvalue weighted by molar-refractivity contribution is 0.0904. The molecular weight excluding hydrogens is 230 g/mol. The van der Waals surface area contributed by atoms with Gasteiger partial charge in [-0.3, -0.25) is 0 Å². The monoisotopic (exact) mass is 251 g/mol. The van der Waals surface area contributed by atoms with Gasteiger partial charge in [0.2, 0.25) is 0 Å². The molecule has 1 aromatic heterocycles. The van der Waals surface area contributed by atoms with Crippen molar-refractivity contribution in [2.24, 2.45) is 5.73 Å². The first-order valence-electron chi connectivity index (χ1n) is 6.40. The van der Waals surface area contributed by atoms with E-state index in [-0.39, 0.29) is 6.04 Å². The van der Waals surface area contributed by atoms with Crippen molar-refractivity contribution in [3.8, 4) is 0 Å². The Bertz CT molecular complexity index is 365. The summed E-state index contributed by atoms with van der Waals surface area (Å²) in [5.41, 5.74) is 5.69. The van der Waals surface area contributed by atoms with E-state index in [1.807, 2.05) is 13.0 Å². The van der Waals surface area contributed by atoms with Crippen molar-refractivity contribution in [3.05, 3.63) is 12.4 Å². The van der Waals surface area contributed by atoms with Crippen LogP contribution in [-0.4, -0.2) is 41.8 Å². The van der Waals surface area contributed by atoms with E-state index in [0.717, 1.165) is 37.7 Å². The summed E-state index contributed by atoms with van der Waals surface area (Å²) in [5, 5.41) is 6.59. The highest BCUT2D eigenvalue weighted by atomic mass is 16.5. The predicted octanol–water partition coefficient (Wildman–Crippen LogP) is 0.827. The molecule has 0 aliphatic carbocycles. The van der Waals surface area contributed by atoms with Crippen LogP contribution in [0.15, 0.2) is 12.4 Å². The maximum Gasteiger partial charge on any atom is 0.131 e. The summed E-state index contributed by atoms with van der Waals surface area (Å²) in [4.78, 5) is 8.39. The lowest BCUT2D eigenvalue weighted by Gasteiger charge is -2.23. The van der Waals surface area contributed by atoms with Crippen molar-refractivity contribution >= 4 is 11.6 Å². The van der Waals surface area contributed by atoms with Crippen molar-refractivity contribution in [1.82, 2.24) is 9.97 Å². The van der Waals surface area contributed by atoms with E-state index in [1.165, 1.54) is 0 Å². The van der Waals surface area contributed by atoms with Gasteiger partial charge in [-0.25, -0.2) is 9.97 Å². The molecule has 100 valence electrons. The van der Waals surface area contributed by atoms with Crippen LogP contribution in [0.2, 0.25) is 0 Å². The highest BCUT2D eigenvalue weighted by molar-refractivity contribution is 5.47. The minimum atomic E-state index is 0.104. The van der Waals surface area contributed by atoms with Crippen LogP contribution in [0.5, 0.6) is 0 Å². The lowest BCUT2D eigenvalue weighted by atomic mass is 10.1. The fourth-order valence-corrected chi connectivity index (χ4v) is 1.85. The molecule has 6 nitrogen and oxygen atoms in total. The normalized spacial score (nSPS) is 18.3. The van der Waals surface area contributed by atoms with Crippen LogP contribution in [0.25, 0.3) is 0 Å². The smallest absolute Gasteiger partial charge is 0.131 e. The van der Waals surface area contributed by atoms with Crippen molar-refractivity contribution < 1.29 is 4.74 Å². The van der Waals surface area contributed by atoms with Gasteiger partial charge < -0.3 is 21.1 Å². The number of nitrogens with two attached hydrogens (primary N) is 1. The van der Waals surface area contributed by atoms with Crippen LogP contribution in [0.1, 0.15) is 19.8 Å². The van der Waals surface area contributed by atoms with Gasteiger partial charge >= 0.3 is 0 Å². The van der Waals surface area contributed by atoms with Gasteiger partial charge in [0.25, 0.3) is 0 Å². The third-order valence-corrected chi connectivity index (χ3v) is 2.85. The van der Waals surface area contributed by atoms with E-state index >= 15 is 0 Å². The highest BCUT2D eigenvalue weighted by Gasteiger charge is 2.13. The Morgan fingerprint density at radius 3 is 2.83 bits per heavy atom. The number of anilines is 2. The molecular formula is C12H21N5O. The molecule has 0 amide bonds. The van der Waals surface area contributed by atoms with Crippen molar-refractivity contribution in [3.63, 3.8) is 0 Å². The fraction of sp³-hybridized carbons (Fsp3) is 0.667. The average Bonchev–Trinajstić information content (AvgIpc) is 2.38. The van der Waals surface area contributed by atoms with Gasteiger partial charge in [-0.2, -0.15) is 0 Å². The third kappa shape index (κ3) is 4.12. The molecule has 1 unspecified atom stereocenters. The Morgan fingerprint density at radius 2 is 2.11 bits per heavy atom. The molecule has 6 heteroatoms. The molecule has 1 aliphatic heterocycles. The number of rotatable bonds is 5. The van der Waals surface area contributed by atoms with Crippen LogP contribution in [0.3, 0.4) is 0 Å². The Labute approximate surface area is 107 Å². The first kappa shape index (κ1) is 13.0. The number of ether oxygens (including phenoxy) is 1. The summed E-state index contributed by atoms with van der Waals surface area (Å²) >= 11 is 0. The first-order chi connectivity index (χ1) is 8.74. The van der Waals surface area contributed by atoms with Gasteiger partial charge in [-0.1, -0.05) is 0 Å². The Kier molecular flexibility index (Phi) is 4.72. The largest absolute Gasteiger partial charge is 0.381 e. The molecule has 1 saturated heterocycles. The SMILES string of the molecule is CC(N)CNc1cc(NC2CCOCC2)ncn1. The molecule has 0 saturated carbocycles. The second-order valence-corrected chi connectivity index (χ2v) is 4.68. The fourth-order valence-electron chi connectivity index (χ4n) is 1.85. The minimum absolute atomic E-state index is 0.104. The topological polar surface area (TPSA) is 85.1 Å². The molecule has 2 rings (SSSR count). The standard InChI is InChI=1S/C12H21N5O/c1-9(13)7-14-11-6-12(16-8-15-11)17-10-2-4-18-5-3-10/h6,8-10H,2-5,7,13H2,1H3,(H2,14,15,16,17). The van der Waals surface area contributed by atoms with Gasteiger partial charge in [-0.05, 0) is 19.8 Å². The number of nitrogens with one attached hydrogen (secondary N) is 2. The summed E-state index contributed by atoms with van der Waals surface area (Å²) < 4.78 is 5.33. The zero-order valence-corrected chi connectivity index (χ0v) is 10.7. The molecule has 4 N–H and O–H groups in total. The van der Waals surface area contributed by atoms with Gasteiger partial charge in [0.1, 0.15) is 18.0 Å². The van der Waals surface area contributed by atoms with Crippen LogP contribution in [-0.2, 0) is 4.74 Å². The molecule has 1 aliphatic rings. The molecule has 1 aromatic rings. The van der Waals surface area contributed by atoms with E-state index in [0.29, 0.717) is 12.6 Å². The van der Waals surface area contributed by atoms with Gasteiger partial charge in [0, 0.05) is 37.9 Å². The Hall–Kier alpha value is -1.40. The maximum absolute atomic E-state index is 5.69. The van der Waals surface area contributed by atoms with Crippen LogP contribution >= 0.6 is 0 Å². The van der Waals surface area contributed by atoms with E-state index in [4.69, 9.17) is 10.5 Å². The van der Waals surface area contributed by atoms with Gasteiger partial charge in [-0.15, -0.1) is 0 Å². The molecule has 0 aromatic carbocycles. The van der Waals surface area contributed by atoms with E-state index in [1.54, 1.807) is 6.33 Å². The van der Waals surface area contributed by atoms with Gasteiger partial charge in [0.05, 0.1) is 0 Å². The zero-order valence-electron chi connectivity index (χ0n) is 10.7. The van der Waals surface area contributed by atoms with Crippen LogP contribution in [0.4, 0.5) is 11.6 Å². The van der Waals surface area contributed by atoms with Crippen LogP contribution < -0.4 is 16.4 Å². The average molecular weight is 251 g/mol. The summed E-state index contributed by atoms with van der Waals surface area (Å²) in [6.45, 7) is 4.29. The van der Waals surface area contributed by atoms with Crippen LogP contribution in [0, 0.1) is 0 Å². The first-order valence-corrected chi connectivity index (χ1v) is 6.40. The Morgan fingerprint density at radius 1 is 1.39 bits per heavy atom. The predicted molar refractivity (Wildman–Crippen MR) is 71.6 cm³/mol. The van der Waals surface area contributed by atoms with Crippen molar-refractivity contribution in [2.75, 3.05) is 30.4 Å². The molecule has 1 fully saturated rings. The number of nitrogens with zero attached hydrogens (tertiary/aromatic N) is 2. The zero-order chi connectivity index (χ0) is 12.8. The minimum Gasteiger partial charge on any atom is -0.381 e. The molecule has 0 bridgehead atoms. The summed E-state index contributed by atoms with van der Waals surface area (Å²) in [6.07, 6.45) is 3.60. The van der Waals surface area contributed by atoms with Crippen molar-refractivity contribution in [1.29, 1.82) is 0 Å². The van der Waals surface area contributed by atoms with Gasteiger partial charge in [0.15, 0.2) is 0 Å². The maximum atomic E-state index is 5.69. The molecule has 2 heterocycles. The second kappa shape index (κ2) is 6.51. The number of hydrogen-bond acceptors (Lipinski definition) is 6. The molecule has 18 heavy (non-hydrogen) atoms. The molecule has 0 radical (unpaired) electrons. The van der Waals surface area contributed by atoms with E-state index in [2.05, 4.69) is 20.6 Å². The van der Waals surface area contributed by atoms with E-state index < -0.39 is 0 Å². The number of hydrogen-bond donors (Lipinski definition) is 3. The lowest BCUT2D eigenvalue weighted by Crippen LogP contribution is -2.28. The summed E-state index contributed by atoms with van der Waals surface area (Å²) in [6, 6.07) is 2.46. The third-order valence-electron chi connectivity index (χ3n) is 2.85. The quantitative estimate of drug-likeness (QED) is 0.718. The molecule has 1 atom stereocenters. The van der Waals surface area contributed by atoms with E-state index in [9.17, 15) is 0 Å². The summed E-state index contributed by atoms with van der Waals surface area (Å²) in [5.74, 6) is 1.65. The molecule has 0 spiro atoms. The second-order valence-electron chi connectivity index (χ2n) is 4.68. The number of aromatic nitrogens is 2.